The molecule has 0 spiro atoms. The first-order valence-corrected chi connectivity index (χ1v) is 20.4. The van der Waals surface area contributed by atoms with Crippen LogP contribution < -0.4 is 4.90 Å². The number of fused-ring (bicyclic) bond motifs is 9. The molecule has 9 aromatic carbocycles. The third kappa shape index (κ3) is 4.94. The van der Waals surface area contributed by atoms with Crippen molar-refractivity contribution in [2.24, 2.45) is 0 Å². The molecule has 10 aromatic rings. The van der Waals surface area contributed by atoms with Crippen molar-refractivity contribution in [2.45, 2.75) is 24.7 Å². The van der Waals surface area contributed by atoms with Gasteiger partial charge in [0.2, 0.25) is 0 Å². The van der Waals surface area contributed by atoms with Crippen molar-refractivity contribution < 1.29 is 14.0 Å². The molecule has 0 unspecified atom stereocenters. The van der Waals surface area contributed by atoms with Crippen LogP contribution >= 0.6 is 0 Å². The van der Waals surface area contributed by atoms with Gasteiger partial charge in [-0.15, -0.1) is 0 Å². The summed E-state index contributed by atoms with van der Waals surface area (Å²) in [5.74, 6) is 0. The highest BCUT2D eigenvalue weighted by atomic mass is 16.3. The highest BCUT2D eigenvalue weighted by molar-refractivity contribution is 6.06. The topological polar surface area (TPSA) is 16.4 Å². The number of hydrogen-bond donors (Lipinski definition) is 0. The van der Waals surface area contributed by atoms with E-state index < -0.39 is 16.9 Å². The number of hydrogen-bond acceptors (Lipinski definition) is 2. The quantitative estimate of drug-likeness (QED) is 0.167. The number of nitrogens with zero attached hydrogens (tertiary/aromatic N) is 1. The summed E-state index contributed by atoms with van der Waals surface area (Å²) in [7, 11) is 0. The van der Waals surface area contributed by atoms with E-state index in [0.717, 1.165) is 66.4 Å². The zero-order valence-electron chi connectivity index (χ0n) is 40.0. The standard InChI is InChI=1S/C58H41NO/c1-57(2)51-25-12-9-22-45(51)47-31-29-43(36-53(47)57)59(42-21-15-16-38(34-42)39-28-33-56-50(35-39)49-24-11-14-27-55(49)60-56)44-30-32-48-46-23-10-13-26-52(46)58(54(48)37-44,40-17-5-3-6-18-40)41-19-7-4-8-20-41/h3-37H,1-2H3/i9D,12D,22D,25D,29D,31D,36D. The molecule has 12 rings (SSSR count). The molecule has 2 heteroatoms. The molecule has 2 aliphatic carbocycles. The Kier molecular flexibility index (Phi) is 6.10. The number of para-hydroxylation sites is 1. The zero-order chi connectivity index (χ0) is 46.1. The van der Waals surface area contributed by atoms with Crippen molar-refractivity contribution in [3.63, 3.8) is 0 Å². The molecule has 0 radical (unpaired) electrons. The van der Waals surface area contributed by atoms with Gasteiger partial charge < -0.3 is 9.32 Å². The van der Waals surface area contributed by atoms with Gasteiger partial charge in [0.25, 0.3) is 0 Å². The van der Waals surface area contributed by atoms with Crippen molar-refractivity contribution in [1.82, 2.24) is 0 Å². The summed E-state index contributed by atoms with van der Waals surface area (Å²) in [5.41, 5.74) is 10.7. The molecule has 0 amide bonds. The lowest BCUT2D eigenvalue weighted by molar-refractivity contribution is 0.660. The summed E-state index contributed by atoms with van der Waals surface area (Å²) in [5, 5.41) is 2.00. The van der Waals surface area contributed by atoms with E-state index in [1.807, 2.05) is 85.5 Å². The molecule has 2 aliphatic rings. The SMILES string of the molecule is [2H]c1c([2H])c([2H])c2c(c1[2H])-c1c([2H])c([2H])c(N(c3cccc(-c4ccc5oc6ccccc6c5c4)c3)c3ccc4c(c3)C(c3ccccc3)(c3ccccc3)c3ccccc3-4)c([2H])c1C2(C)C. The number of rotatable bonds is 6. The largest absolute Gasteiger partial charge is 0.456 e. The summed E-state index contributed by atoms with van der Waals surface area (Å²) < 4.78 is 71.5. The average molecular weight is 775 g/mol. The van der Waals surface area contributed by atoms with Crippen molar-refractivity contribution in [1.29, 1.82) is 0 Å². The van der Waals surface area contributed by atoms with Gasteiger partial charge in [0, 0.05) is 33.2 Å². The predicted molar refractivity (Wildman–Crippen MR) is 249 cm³/mol. The fourth-order valence-corrected chi connectivity index (χ4v) is 9.97. The third-order valence-corrected chi connectivity index (χ3v) is 12.7. The van der Waals surface area contributed by atoms with Crippen LogP contribution in [0.4, 0.5) is 17.1 Å². The highest BCUT2D eigenvalue weighted by Crippen LogP contribution is 2.58. The molecule has 0 aliphatic heterocycles. The second-order valence-electron chi connectivity index (χ2n) is 16.3. The van der Waals surface area contributed by atoms with E-state index >= 15 is 0 Å². The molecular weight excluding hydrogens is 727 g/mol. The van der Waals surface area contributed by atoms with E-state index in [9.17, 15) is 4.11 Å². The first-order valence-electron chi connectivity index (χ1n) is 23.9. The van der Waals surface area contributed by atoms with Gasteiger partial charge in [-0.1, -0.05) is 171 Å². The fraction of sp³-hybridized carbons (Fsp3) is 0.0690. The van der Waals surface area contributed by atoms with Crippen LogP contribution in [0.5, 0.6) is 0 Å². The second kappa shape index (κ2) is 13.0. The van der Waals surface area contributed by atoms with Crippen LogP contribution in [-0.4, -0.2) is 0 Å². The summed E-state index contributed by atoms with van der Waals surface area (Å²) >= 11 is 0. The molecule has 2 nitrogen and oxygen atoms in total. The molecule has 0 saturated carbocycles. The van der Waals surface area contributed by atoms with Crippen molar-refractivity contribution in [3.05, 3.63) is 246 Å². The van der Waals surface area contributed by atoms with Crippen LogP contribution in [0.25, 0.3) is 55.3 Å². The van der Waals surface area contributed by atoms with Crippen molar-refractivity contribution in [2.75, 3.05) is 4.90 Å². The molecule has 0 fully saturated rings. The smallest absolute Gasteiger partial charge is 0.135 e. The van der Waals surface area contributed by atoms with Crippen LogP contribution in [0.15, 0.2) is 217 Å². The van der Waals surface area contributed by atoms with Crippen LogP contribution in [0.2, 0.25) is 0 Å². The molecule has 0 atom stereocenters. The molecule has 0 N–H and O–H groups in total. The summed E-state index contributed by atoms with van der Waals surface area (Å²) in [4.78, 5) is 1.93. The number of furan rings is 1. The normalized spacial score (nSPS) is 15.7. The highest BCUT2D eigenvalue weighted by Gasteiger charge is 2.46. The maximum absolute atomic E-state index is 10.3. The maximum atomic E-state index is 10.3. The minimum Gasteiger partial charge on any atom is -0.456 e. The molecule has 0 saturated heterocycles. The molecule has 284 valence electrons. The lowest BCUT2D eigenvalue weighted by Crippen LogP contribution is -2.28. The minimum absolute atomic E-state index is 0.0214. The second-order valence-corrected chi connectivity index (χ2v) is 16.3. The van der Waals surface area contributed by atoms with Crippen LogP contribution in [0, 0.1) is 0 Å². The predicted octanol–water partition coefficient (Wildman–Crippen LogP) is 15.4. The monoisotopic (exact) mass is 774 g/mol. The zero-order valence-corrected chi connectivity index (χ0v) is 33.0. The summed E-state index contributed by atoms with van der Waals surface area (Å²) in [6.45, 7) is 3.70. The third-order valence-electron chi connectivity index (χ3n) is 12.7. The summed E-state index contributed by atoms with van der Waals surface area (Å²) in [6, 6.07) is 56.4. The van der Waals surface area contributed by atoms with Gasteiger partial charge in [-0.05, 0) is 121 Å². The molecule has 1 aromatic heterocycles. The Balaban J connectivity index is 1.15. The maximum Gasteiger partial charge on any atom is 0.135 e. The first kappa shape index (κ1) is 28.1. The van der Waals surface area contributed by atoms with Crippen molar-refractivity contribution >= 4 is 39.0 Å². The lowest BCUT2D eigenvalue weighted by Gasteiger charge is -2.35. The molecular formula is C58H41NO. The van der Waals surface area contributed by atoms with Gasteiger partial charge in [0.15, 0.2) is 0 Å². The minimum atomic E-state index is -1.11. The Morgan fingerprint density at radius 1 is 0.433 bits per heavy atom. The molecule has 0 bridgehead atoms. The van der Waals surface area contributed by atoms with Gasteiger partial charge in [-0.2, -0.15) is 0 Å². The van der Waals surface area contributed by atoms with E-state index in [2.05, 4.69) is 103 Å². The number of anilines is 3. The Morgan fingerprint density at radius 2 is 1.10 bits per heavy atom. The Bertz CT molecular complexity index is 3670. The molecule has 60 heavy (non-hydrogen) atoms. The van der Waals surface area contributed by atoms with Crippen LogP contribution in [0.3, 0.4) is 0 Å². The Morgan fingerprint density at radius 3 is 1.93 bits per heavy atom. The lowest BCUT2D eigenvalue weighted by atomic mass is 9.67. The van der Waals surface area contributed by atoms with Gasteiger partial charge in [0.1, 0.15) is 11.2 Å². The van der Waals surface area contributed by atoms with E-state index in [4.69, 9.17) is 9.90 Å². The summed E-state index contributed by atoms with van der Waals surface area (Å²) in [6.07, 6.45) is 0. The van der Waals surface area contributed by atoms with E-state index in [1.165, 1.54) is 0 Å². The Hall–Kier alpha value is -7.42. The van der Waals surface area contributed by atoms with Gasteiger partial charge in [0.05, 0.1) is 15.0 Å². The fourth-order valence-electron chi connectivity index (χ4n) is 9.97. The Labute approximate surface area is 360 Å². The van der Waals surface area contributed by atoms with Crippen LogP contribution in [0.1, 0.15) is 56.8 Å². The number of benzene rings is 9. The first-order chi connectivity index (χ1) is 32.4. The van der Waals surface area contributed by atoms with Gasteiger partial charge in [-0.25, -0.2) is 0 Å². The van der Waals surface area contributed by atoms with Crippen molar-refractivity contribution in [3.8, 4) is 33.4 Å². The van der Waals surface area contributed by atoms with E-state index in [1.54, 1.807) is 0 Å². The van der Waals surface area contributed by atoms with Gasteiger partial charge in [-0.3, -0.25) is 0 Å². The van der Waals surface area contributed by atoms with E-state index in [-0.39, 0.29) is 53.1 Å². The van der Waals surface area contributed by atoms with Gasteiger partial charge >= 0.3 is 0 Å². The average Bonchev–Trinajstić information content (AvgIpc) is 3.97. The molecule has 1 heterocycles. The van der Waals surface area contributed by atoms with E-state index in [0.29, 0.717) is 22.5 Å². The van der Waals surface area contributed by atoms with Crippen LogP contribution in [-0.2, 0) is 10.8 Å².